The molecule has 126 valence electrons. The number of carbonyl (C=O) groups excluding carboxylic acids is 2. The fraction of sp³-hybridized carbons (Fsp3) is 0.300. The maximum atomic E-state index is 12.1. The van der Waals surface area contributed by atoms with Crippen LogP contribution in [0.15, 0.2) is 48.5 Å². The average molecular weight is 324 g/mol. The molecule has 0 heterocycles. The van der Waals surface area contributed by atoms with Crippen molar-refractivity contribution < 1.29 is 9.59 Å². The topological polar surface area (TPSA) is 58.2 Å². The normalized spacial score (nSPS) is 11.0. The van der Waals surface area contributed by atoms with Crippen LogP contribution in [0.4, 0.5) is 5.69 Å². The summed E-state index contributed by atoms with van der Waals surface area (Å²) in [5.74, 6) is -0.505. The molecular formula is C20H24N2O2. The zero-order valence-electron chi connectivity index (χ0n) is 14.6. The fourth-order valence-corrected chi connectivity index (χ4v) is 2.31. The lowest BCUT2D eigenvalue weighted by molar-refractivity contribution is -0.115. The molecule has 0 bridgehead atoms. The van der Waals surface area contributed by atoms with Gasteiger partial charge >= 0.3 is 0 Å². The van der Waals surface area contributed by atoms with Gasteiger partial charge in [0, 0.05) is 11.3 Å². The number of hydrogen-bond donors (Lipinski definition) is 2. The zero-order valence-corrected chi connectivity index (χ0v) is 14.6. The second-order valence-electron chi connectivity index (χ2n) is 6.93. The van der Waals surface area contributed by atoms with Gasteiger partial charge in [-0.3, -0.25) is 9.59 Å². The largest absolute Gasteiger partial charge is 0.343 e. The Hall–Kier alpha value is -2.62. The first-order valence-corrected chi connectivity index (χ1v) is 8.01. The van der Waals surface area contributed by atoms with Crippen molar-refractivity contribution in [1.29, 1.82) is 0 Å². The second-order valence-corrected chi connectivity index (χ2v) is 6.93. The van der Waals surface area contributed by atoms with Crippen molar-refractivity contribution in [3.05, 3.63) is 65.2 Å². The molecule has 2 aromatic rings. The second kappa shape index (κ2) is 7.30. The highest BCUT2D eigenvalue weighted by Gasteiger charge is 2.14. The third-order valence-corrected chi connectivity index (χ3v) is 3.72. The molecule has 2 rings (SSSR count). The summed E-state index contributed by atoms with van der Waals surface area (Å²) < 4.78 is 0. The van der Waals surface area contributed by atoms with E-state index in [0.29, 0.717) is 5.56 Å². The summed E-state index contributed by atoms with van der Waals surface area (Å²) in [7, 11) is 0. The Balaban J connectivity index is 1.89. The molecule has 0 radical (unpaired) electrons. The molecule has 0 aromatic heterocycles. The molecule has 2 amide bonds. The summed E-state index contributed by atoms with van der Waals surface area (Å²) in [4.78, 5) is 24.0. The molecule has 2 N–H and O–H groups in total. The maximum Gasteiger partial charge on any atom is 0.251 e. The predicted octanol–water partition coefficient (Wildman–Crippen LogP) is 3.66. The van der Waals surface area contributed by atoms with E-state index in [1.54, 1.807) is 12.1 Å². The van der Waals surface area contributed by atoms with Gasteiger partial charge in [-0.25, -0.2) is 0 Å². The van der Waals surface area contributed by atoms with Crippen molar-refractivity contribution in [2.75, 3.05) is 11.9 Å². The fourth-order valence-electron chi connectivity index (χ4n) is 2.31. The van der Waals surface area contributed by atoms with Crippen LogP contribution in [0.5, 0.6) is 0 Å². The highest BCUT2D eigenvalue weighted by atomic mass is 16.2. The first-order chi connectivity index (χ1) is 11.3. The van der Waals surface area contributed by atoms with Crippen molar-refractivity contribution >= 4 is 17.5 Å². The standard InChI is InChI=1S/C20H24N2O2/c1-14-6-5-7-17(12-14)22-18(23)13-21-19(24)15-8-10-16(11-9-15)20(2,3)4/h5-12H,13H2,1-4H3,(H,21,24)(H,22,23). The third kappa shape index (κ3) is 4.95. The van der Waals surface area contributed by atoms with Crippen LogP contribution in [0.1, 0.15) is 42.3 Å². The number of hydrogen-bond acceptors (Lipinski definition) is 2. The summed E-state index contributed by atoms with van der Waals surface area (Å²) in [6.45, 7) is 8.26. The van der Waals surface area contributed by atoms with Gasteiger partial charge in [0.15, 0.2) is 0 Å². The van der Waals surface area contributed by atoms with Crippen molar-refractivity contribution in [1.82, 2.24) is 5.32 Å². The van der Waals surface area contributed by atoms with E-state index in [2.05, 4.69) is 31.4 Å². The number of nitrogens with one attached hydrogen (secondary N) is 2. The minimum atomic E-state index is -0.255. The van der Waals surface area contributed by atoms with E-state index in [9.17, 15) is 9.59 Å². The molecule has 0 atom stereocenters. The Labute approximate surface area is 143 Å². The monoisotopic (exact) mass is 324 g/mol. The number of benzene rings is 2. The van der Waals surface area contributed by atoms with Crippen LogP contribution in [0.25, 0.3) is 0 Å². The molecule has 0 saturated carbocycles. The average Bonchev–Trinajstić information content (AvgIpc) is 2.52. The number of carbonyl (C=O) groups is 2. The smallest absolute Gasteiger partial charge is 0.251 e. The molecule has 0 saturated heterocycles. The molecule has 4 heteroatoms. The van der Waals surface area contributed by atoms with E-state index in [1.165, 1.54) is 0 Å². The molecule has 4 nitrogen and oxygen atoms in total. The van der Waals surface area contributed by atoms with Gasteiger partial charge in [-0.1, -0.05) is 45.0 Å². The Kier molecular flexibility index (Phi) is 5.39. The minimum absolute atomic E-state index is 0.0444. The van der Waals surface area contributed by atoms with Crippen LogP contribution < -0.4 is 10.6 Å². The first kappa shape index (κ1) is 17.7. The van der Waals surface area contributed by atoms with Gasteiger partial charge in [0.25, 0.3) is 5.91 Å². The van der Waals surface area contributed by atoms with Crippen LogP contribution in [-0.4, -0.2) is 18.4 Å². The quantitative estimate of drug-likeness (QED) is 0.901. The van der Waals surface area contributed by atoms with Crippen molar-refractivity contribution in [2.45, 2.75) is 33.1 Å². The third-order valence-electron chi connectivity index (χ3n) is 3.72. The Morgan fingerprint density at radius 3 is 2.25 bits per heavy atom. The van der Waals surface area contributed by atoms with Crippen molar-refractivity contribution in [2.24, 2.45) is 0 Å². The molecule has 0 aliphatic carbocycles. The summed E-state index contributed by atoms with van der Waals surface area (Å²) in [5.41, 5.74) is 3.55. The van der Waals surface area contributed by atoms with E-state index in [-0.39, 0.29) is 23.8 Å². The molecule has 0 unspecified atom stereocenters. The SMILES string of the molecule is Cc1cccc(NC(=O)CNC(=O)c2ccc(C(C)(C)C)cc2)c1. The van der Waals surface area contributed by atoms with E-state index in [1.807, 2.05) is 43.3 Å². The molecular weight excluding hydrogens is 300 g/mol. The van der Waals surface area contributed by atoms with Crippen molar-refractivity contribution in [3.63, 3.8) is 0 Å². The highest BCUT2D eigenvalue weighted by molar-refractivity contribution is 5.99. The Morgan fingerprint density at radius 1 is 1.00 bits per heavy atom. The van der Waals surface area contributed by atoms with E-state index in [4.69, 9.17) is 0 Å². The van der Waals surface area contributed by atoms with Crippen LogP contribution >= 0.6 is 0 Å². The van der Waals surface area contributed by atoms with E-state index >= 15 is 0 Å². The van der Waals surface area contributed by atoms with Gasteiger partial charge < -0.3 is 10.6 Å². The van der Waals surface area contributed by atoms with E-state index < -0.39 is 0 Å². The molecule has 24 heavy (non-hydrogen) atoms. The van der Waals surface area contributed by atoms with Gasteiger partial charge in [0.2, 0.25) is 5.91 Å². The molecule has 0 spiro atoms. The summed E-state index contributed by atoms with van der Waals surface area (Å²) in [6, 6.07) is 15.0. The van der Waals surface area contributed by atoms with Crippen LogP contribution in [0.2, 0.25) is 0 Å². The number of amides is 2. The lowest BCUT2D eigenvalue weighted by Gasteiger charge is -2.19. The van der Waals surface area contributed by atoms with Gasteiger partial charge in [0.05, 0.1) is 6.54 Å². The summed E-state index contributed by atoms with van der Waals surface area (Å²) >= 11 is 0. The lowest BCUT2D eigenvalue weighted by Crippen LogP contribution is -2.32. The lowest BCUT2D eigenvalue weighted by atomic mass is 9.87. The van der Waals surface area contributed by atoms with Gasteiger partial charge in [0.1, 0.15) is 0 Å². The first-order valence-electron chi connectivity index (χ1n) is 8.01. The molecule has 0 aliphatic rings. The Bertz CT molecular complexity index is 728. The molecule has 0 aliphatic heterocycles. The van der Waals surface area contributed by atoms with Gasteiger partial charge in [-0.15, -0.1) is 0 Å². The van der Waals surface area contributed by atoms with Crippen LogP contribution in [-0.2, 0) is 10.2 Å². The summed E-state index contributed by atoms with van der Waals surface area (Å²) in [5, 5.41) is 5.41. The minimum Gasteiger partial charge on any atom is -0.343 e. The zero-order chi connectivity index (χ0) is 17.7. The van der Waals surface area contributed by atoms with Gasteiger partial charge in [-0.05, 0) is 47.7 Å². The predicted molar refractivity (Wildman–Crippen MR) is 97.3 cm³/mol. The Morgan fingerprint density at radius 2 is 1.67 bits per heavy atom. The van der Waals surface area contributed by atoms with Crippen LogP contribution in [0, 0.1) is 6.92 Å². The number of rotatable bonds is 4. The summed E-state index contributed by atoms with van der Waals surface area (Å²) in [6.07, 6.45) is 0. The number of anilines is 1. The molecule has 2 aromatic carbocycles. The van der Waals surface area contributed by atoms with Crippen molar-refractivity contribution in [3.8, 4) is 0 Å². The molecule has 0 fully saturated rings. The highest BCUT2D eigenvalue weighted by Crippen LogP contribution is 2.22. The van der Waals surface area contributed by atoms with Gasteiger partial charge in [-0.2, -0.15) is 0 Å². The number of aryl methyl sites for hydroxylation is 1. The van der Waals surface area contributed by atoms with Crippen LogP contribution in [0.3, 0.4) is 0 Å². The maximum absolute atomic E-state index is 12.1. The van der Waals surface area contributed by atoms with E-state index in [0.717, 1.165) is 16.8 Å².